The second-order valence-electron chi connectivity index (χ2n) is 8.11. The average Bonchev–Trinajstić information content (AvgIpc) is 3.31. The average molecular weight is 582 g/mol. The highest BCUT2D eigenvalue weighted by atomic mass is 35.5. The first-order valence-corrected chi connectivity index (χ1v) is 12.7. The van der Waals surface area contributed by atoms with Crippen LogP contribution in [0.15, 0.2) is 106 Å². The number of aromatic nitrogens is 1. The van der Waals surface area contributed by atoms with Crippen LogP contribution in [0.5, 0.6) is 0 Å². The highest BCUT2D eigenvalue weighted by Crippen LogP contribution is 2.33. The van der Waals surface area contributed by atoms with Crippen molar-refractivity contribution in [2.24, 2.45) is 4.99 Å². The van der Waals surface area contributed by atoms with Gasteiger partial charge in [0.1, 0.15) is 5.69 Å². The summed E-state index contributed by atoms with van der Waals surface area (Å²) in [6.45, 7) is 0. The van der Waals surface area contributed by atoms with Crippen LogP contribution in [0.1, 0.15) is 20.7 Å². The lowest BCUT2D eigenvalue weighted by Crippen LogP contribution is -2.26. The third-order valence-electron chi connectivity index (χ3n) is 5.64. The van der Waals surface area contributed by atoms with Crippen molar-refractivity contribution in [3.63, 3.8) is 0 Å². The molecule has 188 valence electrons. The first-order chi connectivity index (χ1) is 18.3. The van der Waals surface area contributed by atoms with E-state index >= 15 is 0 Å². The summed E-state index contributed by atoms with van der Waals surface area (Å²) in [7, 11) is 0. The largest absolute Gasteiger partial charge is 0.422 e. The van der Waals surface area contributed by atoms with Gasteiger partial charge in [0.2, 0.25) is 0 Å². The number of carbonyl (C=O) groups is 2. The number of rotatable bonds is 4. The van der Waals surface area contributed by atoms with Crippen LogP contribution in [-0.2, 0) is 0 Å². The summed E-state index contributed by atoms with van der Waals surface area (Å²) >= 11 is 24.4. The lowest BCUT2D eigenvalue weighted by molar-refractivity contribution is 0.0949. The van der Waals surface area contributed by atoms with Gasteiger partial charge >= 0.3 is 5.68 Å². The zero-order valence-electron chi connectivity index (χ0n) is 19.4. The number of benzene rings is 4. The van der Waals surface area contributed by atoms with Crippen molar-refractivity contribution in [1.82, 2.24) is 4.57 Å². The minimum atomic E-state index is -0.674. The van der Waals surface area contributed by atoms with Crippen LogP contribution in [0, 0.1) is 0 Å². The smallest absolute Gasteiger partial charge is 0.313 e. The molecule has 0 spiro atoms. The molecule has 0 saturated carbocycles. The number of nitrogens with zero attached hydrogens (tertiary/aromatic N) is 2. The Morgan fingerprint density at radius 2 is 1.16 bits per heavy atom. The van der Waals surface area contributed by atoms with E-state index in [1.807, 2.05) is 60.7 Å². The molecule has 1 aromatic heterocycles. The third kappa shape index (κ3) is 5.19. The predicted octanol–water partition coefficient (Wildman–Crippen LogP) is 8.46. The van der Waals surface area contributed by atoms with Crippen LogP contribution in [-0.4, -0.2) is 16.4 Å². The van der Waals surface area contributed by atoms with Crippen LogP contribution in [0.25, 0.3) is 22.6 Å². The molecule has 1 amide bonds. The maximum absolute atomic E-state index is 14.0. The van der Waals surface area contributed by atoms with Crippen molar-refractivity contribution in [2.75, 3.05) is 0 Å². The van der Waals surface area contributed by atoms with E-state index < -0.39 is 11.8 Å². The van der Waals surface area contributed by atoms with Gasteiger partial charge in [-0.1, -0.05) is 107 Å². The molecule has 0 atom stereocenters. The SMILES string of the molecule is O=C(N=c1oc(-c2ccccc2)c(-c2ccccc2)n1C(=O)c1ccc(Cl)c(Cl)c1)c1ccc(Cl)c(Cl)c1. The highest BCUT2D eigenvalue weighted by Gasteiger charge is 2.25. The number of amides is 1. The van der Waals surface area contributed by atoms with E-state index in [4.69, 9.17) is 50.8 Å². The lowest BCUT2D eigenvalue weighted by Gasteiger charge is -2.09. The molecule has 5 rings (SSSR count). The van der Waals surface area contributed by atoms with E-state index in [2.05, 4.69) is 4.99 Å². The zero-order valence-corrected chi connectivity index (χ0v) is 22.4. The molecule has 0 bridgehead atoms. The molecule has 5 nitrogen and oxygen atoms in total. The first kappa shape index (κ1) is 26.0. The van der Waals surface area contributed by atoms with E-state index in [1.165, 1.54) is 41.0 Å². The van der Waals surface area contributed by atoms with Gasteiger partial charge in [-0.3, -0.25) is 9.59 Å². The molecule has 0 unspecified atom stereocenters. The molecular formula is C29H16Cl4N2O3. The standard InChI is InChI=1S/C29H16Cl4N2O3/c30-21-13-11-19(15-23(21)32)27(36)34-29-35(28(37)20-12-14-22(31)24(33)16-20)25(17-7-3-1-4-8-17)26(38-29)18-9-5-2-6-10-18/h1-16H. The van der Waals surface area contributed by atoms with Crippen LogP contribution >= 0.6 is 46.4 Å². The zero-order chi connectivity index (χ0) is 26.8. The Labute approximate surface area is 237 Å². The lowest BCUT2D eigenvalue weighted by atomic mass is 10.1. The Hall–Kier alpha value is -3.61. The quantitative estimate of drug-likeness (QED) is 0.214. The molecule has 38 heavy (non-hydrogen) atoms. The van der Waals surface area contributed by atoms with Crippen LogP contribution in [0.3, 0.4) is 0 Å². The fourth-order valence-corrected chi connectivity index (χ4v) is 4.42. The van der Waals surface area contributed by atoms with Crippen LogP contribution in [0.2, 0.25) is 20.1 Å². The maximum atomic E-state index is 14.0. The Morgan fingerprint density at radius 1 is 0.632 bits per heavy atom. The third-order valence-corrected chi connectivity index (χ3v) is 7.12. The highest BCUT2D eigenvalue weighted by molar-refractivity contribution is 6.42. The maximum Gasteiger partial charge on any atom is 0.313 e. The van der Waals surface area contributed by atoms with E-state index in [0.717, 1.165) is 0 Å². The van der Waals surface area contributed by atoms with Crippen molar-refractivity contribution in [2.45, 2.75) is 0 Å². The summed E-state index contributed by atoms with van der Waals surface area (Å²) < 4.78 is 7.42. The molecule has 4 aromatic carbocycles. The van der Waals surface area contributed by atoms with E-state index in [0.29, 0.717) is 32.6 Å². The van der Waals surface area contributed by atoms with Crippen molar-refractivity contribution >= 4 is 58.2 Å². The molecule has 0 fully saturated rings. The molecule has 9 heteroatoms. The fraction of sp³-hybridized carbons (Fsp3) is 0. The van der Waals surface area contributed by atoms with Gasteiger partial charge in [0.05, 0.1) is 20.1 Å². The normalized spacial score (nSPS) is 11.5. The Morgan fingerprint density at radius 3 is 1.74 bits per heavy atom. The molecule has 0 aliphatic rings. The monoisotopic (exact) mass is 580 g/mol. The second kappa shape index (κ2) is 11.0. The Balaban J connectivity index is 1.81. The minimum Gasteiger partial charge on any atom is -0.422 e. The number of carbonyl (C=O) groups excluding carboxylic acids is 2. The summed E-state index contributed by atoms with van der Waals surface area (Å²) in [6.07, 6.45) is 0. The number of halogens is 4. The van der Waals surface area contributed by atoms with Gasteiger partial charge in [-0.25, -0.2) is 4.57 Å². The van der Waals surface area contributed by atoms with Crippen LogP contribution < -0.4 is 5.68 Å². The summed E-state index contributed by atoms with van der Waals surface area (Å²) in [5, 5.41) is 0.996. The van der Waals surface area contributed by atoms with Crippen LogP contribution in [0.4, 0.5) is 0 Å². The van der Waals surface area contributed by atoms with Gasteiger partial charge in [-0.2, -0.15) is 4.99 Å². The van der Waals surface area contributed by atoms with Gasteiger partial charge in [-0.05, 0) is 36.4 Å². The van der Waals surface area contributed by atoms with Gasteiger partial charge < -0.3 is 4.42 Å². The summed E-state index contributed by atoms with van der Waals surface area (Å²) in [4.78, 5) is 31.4. The summed E-state index contributed by atoms with van der Waals surface area (Å²) in [5.74, 6) is -0.841. The van der Waals surface area contributed by atoms with Gasteiger partial charge in [0.15, 0.2) is 5.76 Å². The minimum absolute atomic E-state index is 0.173. The molecule has 0 N–H and O–H groups in total. The molecule has 0 saturated heterocycles. The van der Waals surface area contributed by atoms with Crippen molar-refractivity contribution in [3.05, 3.63) is 134 Å². The first-order valence-electron chi connectivity index (χ1n) is 11.2. The topological polar surface area (TPSA) is 64.6 Å². The second-order valence-corrected chi connectivity index (χ2v) is 9.74. The molecule has 0 aliphatic heterocycles. The molecular weight excluding hydrogens is 566 g/mol. The van der Waals surface area contributed by atoms with Gasteiger partial charge in [0, 0.05) is 22.3 Å². The Bertz CT molecular complexity index is 1740. The van der Waals surface area contributed by atoms with E-state index in [9.17, 15) is 9.59 Å². The van der Waals surface area contributed by atoms with Gasteiger partial charge in [-0.15, -0.1) is 0 Å². The van der Waals surface area contributed by atoms with E-state index in [1.54, 1.807) is 0 Å². The number of oxazole rings is 1. The Kier molecular flexibility index (Phi) is 7.54. The van der Waals surface area contributed by atoms with Gasteiger partial charge in [0.25, 0.3) is 11.8 Å². The molecule has 5 aromatic rings. The fourth-order valence-electron chi connectivity index (χ4n) is 3.82. The summed E-state index contributed by atoms with van der Waals surface area (Å²) in [5.41, 5.74) is 1.94. The molecule has 1 heterocycles. The van der Waals surface area contributed by atoms with Crippen molar-refractivity contribution in [3.8, 4) is 22.6 Å². The molecule has 0 radical (unpaired) electrons. The molecule has 0 aliphatic carbocycles. The van der Waals surface area contributed by atoms with Crippen molar-refractivity contribution < 1.29 is 14.0 Å². The number of hydrogen-bond acceptors (Lipinski definition) is 3. The number of hydrogen-bond donors (Lipinski definition) is 0. The van der Waals surface area contributed by atoms with E-state index in [-0.39, 0.29) is 26.9 Å². The predicted molar refractivity (Wildman–Crippen MR) is 150 cm³/mol. The van der Waals surface area contributed by atoms with Crippen molar-refractivity contribution in [1.29, 1.82) is 0 Å². The summed E-state index contributed by atoms with van der Waals surface area (Å²) in [6, 6.07) is 27.3.